The molecule has 0 radical (unpaired) electrons. The molecule has 0 saturated carbocycles. The smallest absolute Gasteiger partial charge is 0.458 e. The van der Waals surface area contributed by atoms with E-state index in [4.69, 9.17) is 0 Å². The highest BCUT2D eigenvalue weighted by Crippen LogP contribution is 2.47. The fourth-order valence-electron chi connectivity index (χ4n) is 2.51. The van der Waals surface area contributed by atoms with E-state index in [9.17, 15) is 43.9 Å². The Bertz CT molecular complexity index is 1140. The summed E-state index contributed by atoms with van der Waals surface area (Å²) in [6, 6.07) is 1.02. The number of hydrogen-bond donors (Lipinski definition) is 1. The van der Waals surface area contributed by atoms with Crippen LogP contribution in [-0.4, -0.2) is 38.4 Å². The topological polar surface area (TPSA) is 85.4 Å². The molecule has 1 N–H and O–H groups in total. The zero-order valence-electron chi connectivity index (χ0n) is 17.2. The van der Waals surface area contributed by atoms with Gasteiger partial charge in [0.05, 0.1) is 29.8 Å². The molecule has 2 aromatic heterocycles. The number of esters is 1. The van der Waals surface area contributed by atoms with E-state index in [2.05, 4.69) is 15.0 Å². The van der Waals surface area contributed by atoms with E-state index in [0.717, 1.165) is 7.11 Å². The van der Waals surface area contributed by atoms with E-state index in [1.165, 1.54) is 6.92 Å². The fraction of sp³-hybridized carbons (Fsp3) is 0.444. The van der Waals surface area contributed by atoms with Gasteiger partial charge in [-0.15, -0.1) is 11.3 Å². The highest BCUT2D eigenvalue weighted by molar-refractivity contribution is 7.91. The number of thiophene rings is 1. The molecular weight excluding hydrogens is 505 g/mol. The van der Waals surface area contributed by atoms with E-state index in [-0.39, 0.29) is 16.2 Å². The van der Waals surface area contributed by atoms with Crippen LogP contribution in [0, 0.1) is 0 Å². The average Bonchev–Trinajstić information content (AvgIpc) is 3.15. The average molecular weight is 522 g/mol. The van der Waals surface area contributed by atoms with Gasteiger partial charge in [0.15, 0.2) is 9.84 Å². The quantitative estimate of drug-likeness (QED) is 0.384. The van der Waals surface area contributed by atoms with Gasteiger partial charge in [-0.2, -0.15) is 22.0 Å². The third kappa shape index (κ3) is 5.57. The van der Waals surface area contributed by atoms with E-state index in [1.54, 1.807) is 0 Å². The summed E-state index contributed by atoms with van der Waals surface area (Å²) >= 11 is -0.0478. The zero-order valence-corrected chi connectivity index (χ0v) is 18.8. The first-order valence-electron chi connectivity index (χ1n) is 8.96. The van der Waals surface area contributed by atoms with Crippen molar-refractivity contribution in [2.24, 2.45) is 0 Å². The molecule has 184 valence electrons. The number of carbonyl (C=O) groups excluding carboxylic acids is 1. The summed E-state index contributed by atoms with van der Waals surface area (Å²) in [5, 5.41) is 2.41. The molecule has 15 heteroatoms. The predicted octanol–water partition coefficient (Wildman–Crippen LogP) is 5.10. The van der Waals surface area contributed by atoms with Gasteiger partial charge in [0.2, 0.25) is 0 Å². The zero-order chi connectivity index (χ0) is 25.4. The second-order valence-electron chi connectivity index (χ2n) is 6.73. The van der Waals surface area contributed by atoms with Gasteiger partial charge in [-0.3, -0.25) is 0 Å². The molecule has 2 aromatic rings. The highest BCUT2D eigenvalue weighted by atomic mass is 32.2. The first kappa shape index (κ1) is 26.8. The standard InChI is InChI=1S/C18H17F7N2O4S2/c1-4-33(29,30)12-5-9(16(2,19)20)7-26-14(12)27-8-11-10(15(28)31-3)6-13(32-11)17(21,22)18(23,24)25/h5-7H,4,8H2,1-3H3,(H,26,27). The van der Waals surface area contributed by atoms with Gasteiger partial charge in [0.1, 0.15) is 10.7 Å². The summed E-state index contributed by atoms with van der Waals surface area (Å²) in [5.41, 5.74) is -1.32. The summed E-state index contributed by atoms with van der Waals surface area (Å²) in [5.74, 6) is -10.8. The lowest BCUT2D eigenvalue weighted by molar-refractivity contribution is -0.287. The molecule has 0 aliphatic heterocycles. The Morgan fingerprint density at radius 3 is 2.24 bits per heavy atom. The number of halogens is 7. The van der Waals surface area contributed by atoms with Crippen molar-refractivity contribution < 1.29 is 48.7 Å². The molecular formula is C18H17F7N2O4S2. The van der Waals surface area contributed by atoms with Crippen molar-refractivity contribution in [2.75, 3.05) is 18.2 Å². The number of nitrogens with zero attached hydrogens (tertiary/aromatic N) is 1. The van der Waals surface area contributed by atoms with E-state index in [1.807, 2.05) is 0 Å². The third-order valence-corrected chi connectivity index (χ3v) is 7.32. The Kier molecular flexibility index (Phi) is 7.38. The summed E-state index contributed by atoms with van der Waals surface area (Å²) in [6.45, 7) is 1.15. The minimum Gasteiger partial charge on any atom is -0.465 e. The van der Waals surface area contributed by atoms with Gasteiger partial charge in [-0.25, -0.2) is 27.0 Å². The molecule has 6 nitrogen and oxygen atoms in total. The summed E-state index contributed by atoms with van der Waals surface area (Å²) in [6.07, 6.45) is -5.24. The second-order valence-corrected chi connectivity index (χ2v) is 10.1. The van der Waals surface area contributed by atoms with Crippen molar-refractivity contribution in [3.63, 3.8) is 0 Å². The van der Waals surface area contributed by atoms with Crippen LogP contribution in [0.4, 0.5) is 36.6 Å². The number of carbonyl (C=O) groups is 1. The number of ether oxygens (including phenoxy) is 1. The maximum absolute atomic E-state index is 13.8. The van der Waals surface area contributed by atoms with Crippen LogP contribution in [0.1, 0.15) is 39.5 Å². The van der Waals surface area contributed by atoms with Crippen molar-refractivity contribution in [3.05, 3.63) is 39.2 Å². The molecule has 2 rings (SSSR count). The Hall–Kier alpha value is -2.42. The maximum Gasteiger partial charge on any atom is 0.458 e. The number of pyridine rings is 1. The van der Waals surface area contributed by atoms with Crippen LogP contribution in [0.2, 0.25) is 0 Å². The number of sulfone groups is 1. The second kappa shape index (κ2) is 9.08. The number of aromatic nitrogens is 1. The normalized spacial score (nSPS) is 13.2. The first-order valence-corrected chi connectivity index (χ1v) is 11.4. The Balaban J connectivity index is 2.52. The minimum atomic E-state index is -5.93. The molecule has 0 fully saturated rings. The molecule has 0 amide bonds. The molecule has 0 aliphatic rings. The lowest BCUT2D eigenvalue weighted by Crippen LogP contribution is -2.32. The van der Waals surface area contributed by atoms with Crippen LogP contribution in [-0.2, 0) is 33.0 Å². The molecule has 0 aromatic carbocycles. The fourth-order valence-corrected chi connectivity index (χ4v) is 4.63. The molecule has 0 bridgehead atoms. The largest absolute Gasteiger partial charge is 0.465 e. The van der Waals surface area contributed by atoms with Crippen molar-refractivity contribution >= 4 is 33.0 Å². The number of rotatable bonds is 8. The van der Waals surface area contributed by atoms with E-state index in [0.29, 0.717) is 25.3 Å². The number of methoxy groups -OCH3 is 1. The van der Waals surface area contributed by atoms with E-state index < -0.39 is 72.8 Å². The van der Waals surface area contributed by atoms with Gasteiger partial charge >= 0.3 is 18.1 Å². The lowest BCUT2D eigenvalue weighted by Gasteiger charge is -2.17. The van der Waals surface area contributed by atoms with Crippen molar-refractivity contribution in [3.8, 4) is 0 Å². The Morgan fingerprint density at radius 2 is 1.76 bits per heavy atom. The van der Waals surface area contributed by atoms with Gasteiger partial charge < -0.3 is 10.1 Å². The molecule has 0 spiro atoms. The summed E-state index contributed by atoms with van der Waals surface area (Å²) in [7, 11) is -3.21. The third-order valence-electron chi connectivity index (χ3n) is 4.37. The van der Waals surface area contributed by atoms with Crippen LogP contribution >= 0.6 is 11.3 Å². The number of alkyl halides is 7. The monoisotopic (exact) mass is 522 g/mol. The number of nitrogens with one attached hydrogen (secondary N) is 1. The number of hydrogen-bond acceptors (Lipinski definition) is 7. The van der Waals surface area contributed by atoms with Crippen molar-refractivity contribution in [2.45, 2.75) is 43.3 Å². The highest BCUT2D eigenvalue weighted by Gasteiger charge is 2.60. The molecule has 0 atom stereocenters. The molecule has 0 aliphatic carbocycles. The molecule has 2 heterocycles. The van der Waals surface area contributed by atoms with Crippen LogP contribution in [0.15, 0.2) is 23.2 Å². The van der Waals surface area contributed by atoms with Crippen molar-refractivity contribution in [1.29, 1.82) is 0 Å². The SMILES string of the molecule is CCS(=O)(=O)c1cc(C(C)(F)F)cnc1NCc1sc(C(F)(F)C(F)(F)F)cc1C(=O)OC. The Morgan fingerprint density at radius 1 is 1.15 bits per heavy atom. The van der Waals surface area contributed by atoms with Gasteiger partial charge in [-0.1, -0.05) is 6.92 Å². The first-order chi connectivity index (χ1) is 15.0. The van der Waals surface area contributed by atoms with Gasteiger partial charge in [-0.05, 0) is 12.1 Å². The molecule has 0 saturated heterocycles. The van der Waals surface area contributed by atoms with Gasteiger partial charge in [0.25, 0.3) is 5.92 Å². The van der Waals surface area contributed by atoms with Crippen molar-refractivity contribution in [1.82, 2.24) is 4.98 Å². The van der Waals surface area contributed by atoms with Crippen LogP contribution in [0.5, 0.6) is 0 Å². The summed E-state index contributed by atoms with van der Waals surface area (Å²) in [4.78, 5) is 13.1. The maximum atomic E-state index is 13.8. The lowest BCUT2D eigenvalue weighted by atomic mass is 10.2. The van der Waals surface area contributed by atoms with Gasteiger partial charge in [0, 0.05) is 23.6 Å². The number of anilines is 1. The Labute approximate surface area is 187 Å². The van der Waals surface area contributed by atoms with Crippen LogP contribution in [0.3, 0.4) is 0 Å². The minimum absolute atomic E-state index is 0.0478. The molecule has 0 unspecified atom stereocenters. The summed E-state index contributed by atoms with van der Waals surface area (Å²) < 4.78 is 122. The molecule has 33 heavy (non-hydrogen) atoms. The van der Waals surface area contributed by atoms with E-state index >= 15 is 0 Å². The van der Waals surface area contributed by atoms with Crippen LogP contribution < -0.4 is 5.32 Å². The predicted molar refractivity (Wildman–Crippen MR) is 104 cm³/mol. The van der Waals surface area contributed by atoms with Crippen LogP contribution in [0.25, 0.3) is 0 Å².